The number of hydrogen-bond acceptors (Lipinski definition) is 4. The lowest BCUT2D eigenvalue weighted by molar-refractivity contribution is -0.112. The van der Waals surface area contributed by atoms with Crippen LogP contribution in [0.2, 0.25) is 0 Å². The average molecular weight is 301 g/mol. The van der Waals surface area contributed by atoms with Crippen molar-refractivity contribution in [2.75, 3.05) is 11.9 Å². The Labute approximate surface area is 131 Å². The van der Waals surface area contributed by atoms with Crippen LogP contribution in [-0.4, -0.2) is 23.7 Å². The second-order valence-corrected chi connectivity index (χ2v) is 5.35. The highest BCUT2D eigenvalue weighted by Crippen LogP contribution is 2.22. The SMILES string of the molecule is CCC(CO)N/C=C(/C#N)C(=O)Nc1c(C)cc(C)cc1C. The Morgan fingerprint density at radius 1 is 1.36 bits per heavy atom. The lowest BCUT2D eigenvalue weighted by Crippen LogP contribution is -2.28. The third-order valence-electron chi connectivity index (χ3n) is 3.46. The van der Waals surface area contributed by atoms with Gasteiger partial charge in [0, 0.05) is 17.9 Å². The van der Waals surface area contributed by atoms with Crippen molar-refractivity contribution in [2.24, 2.45) is 0 Å². The average Bonchev–Trinajstić information content (AvgIpc) is 2.47. The molecule has 0 bridgehead atoms. The van der Waals surface area contributed by atoms with Crippen molar-refractivity contribution < 1.29 is 9.90 Å². The van der Waals surface area contributed by atoms with E-state index >= 15 is 0 Å². The van der Waals surface area contributed by atoms with Gasteiger partial charge in [-0.2, -0.15) is 5.26 Å². The van der Waals surface area contributed by atoms with E-state index in [1.807, 2.05) is 45.9 Å². The van der Waals surface area contributed by atoms with Gasteiger partial charge in [-0.1, -0.05) is 24.6 Å². The topological polar surface area (TPSA) is 85.2 Å². The molecule has 0 heterocycles. The third-order valence-corrected chi connectivity index (χ3v) is 3.46. The van der Waals surface area contributed by atoms with Gasteiger partial charge < -0.3 is 15.7 Å². The number of hydrogen-bond donors (Lipinski definition) is 3. The standard InChI is InChI=1S/C17H23N3O2/c1-5-15(10-21)19-9-14(8-18)17(22)20-16-12(3)6-11(2)7-13(16)4/h6-7,9,15,19,21H,5,10H2,1-4H3,(H,20,22)/b14-9-. The van der Waals surface area contributed by atoms with E-state index in [0.717, 1.165) is 22.4 Å². The van der Waals surface area contributed by atoms with Gasteiger partial charge in [-0.05, 0) is 38.3 Å². The van der Waals surface area contributed by atoms with Gasteiger partial charge in [0.2, 0.25) is 0 Å². The van der Waals surface area contributed by atoms with Crippen molar-refractivity contribution in [2.45, 2.75) is 40.2 Å². The van der Waals surface area contributed by atoms with Gasteiger partial charge in [-0.3, -0.25) is 4.79 Å². The molecule has 0 aromatic heterocycles. The number of carbonyl (C=O) groups is 1. The summed E-state index contributed by atoms with van der Waals surface area (Å²) in [6.45, 7) is 7.69. The molecule has 3 N–H and O–H groups in total. The van der Waals surface area contributed by atoms with Crippen molar-refractivity contribution in [1.29, 1.82) is 5.26 Å². The van der Waals surface area contributed by atoms with E-state index in [2.05, 4.69) is 10.6 Å². The number of aliphatic hydroxyl groups is 1. The summed E-state index contributed by atoms with van der Waals surface area (Å²) in [7, 11) is 0. The lowest BCUT2D eigenvalue weighted by Gasteiger charge is -2.14. The summed E-state index contributed by atoms with van der Waals surface area (Å²) >= 11 is 0. The predicted molar refractivity (Wildman–Crippen MR) is 87.3 cm³/mol. The Bertz CT molecular complexity index is 588. The third kappa shape index (κ3) is 4.61. The normalized spacial score (nSPS) is 12.5. The summed E-state index contributed by atoms with van der Waals surface area (Å²) in [6, 6.07) is 5.68. The van der Waals surface area contributed by atoms with Gasteiger partial charge in [0.15, 0.2) is 0 Å². The molecule has 1 rings (SSSR count). The fraction of sp³-hybridized carbons (Fsp3) is 0.412. The van der Waals surface area contributed by atoms with Crippen molar-refractivity contribution in [3.8, 4) is 6.07 Å². The van der Waals surface area contributed by atoms with Gasteiger partial charge in [-0.15, -0.1) is 0 Å². The van der Waals surface area contributed by atoms with Gasteiger partial charge in [0.1, 0.15) is 11.6 Å². The predicted octanol–water partition coefficient (Wildman–Crippen LogP) is 2.32. The lowest BCUT2D eigenvalue weighted by atomic mass is 10.0. The second kappa shape index (κ2) is 8.20. The first-order valence-electron chi connectivity index (χ1n) is 7.29. The number of rotatable bonds is 6. The molecule has 0 saturated heterocycles. The first-order chi connectivity index (χ1) is 10.4. The minimum Gasteiger partial charge on any atom is -0.394 e. The van der Waals surface area contributed by atoms with Crippen molar-refractivity contribution in [3.63, 3.8) is 0 Å². The summed E-state index contributed by atoms with van der Waals surface area (Å²) in [5.74, 6) is -0.460. The van der Waals surface area contributed by atoms with Gasteiger partial charge >= 0.3 is 0 Å². The van der Waals surface area contributed by atoms with Crippen LogP contribution in [0.1, 0.15) is 30.0 Å². The van der Waals surface area contributed by atoms with E-state index in [0.29, 0.717) is 6.42 Å². The Kier molecular flexibility index (Phi) is 6.61. The number of carbonyl (C=O) groups excluding carboxylic acids is 1. The highest BCUT2D eigenvalue weighted by Gasteiger charge is 2.13. The quantitative estimate of drug-likeness (QED) is 0.556. The number of amides is 1. The zero-order chi connectivity index (χ0) is 16.7. The number of anilines is 1. The number of aliphatic hydroxyl groups excluding tert-OH is 1. The Hall–Kier alpha value is -2.32. The number of nitrogens with one attached hydrogen (secondary N) is 2. The summed E-state index contributed by atoms with van der Waals surface area (Å²) in [6.07, 6.45) is 2.06. The molecule has 0 aliphatic heterocycles. The van der Waals surface area contributed by atoms with Crippen LogP contribution in [0.3, 0.4) is 0 Å². The smallest absolute Gasteiger partial charge is 0.267 e. The zero-order valence-corrected chi connectivity index (χ0v) is 13.5. The molecule has 0 spiro atoms. The molecule has 0 aliphatic rings. The molecular weight excluding hydrogens is 278 g/mol. The van der Waals surface area contributed by atoms with Crippen LogP contribution in [-0.2, 0) is 4.79 Å². The van der Waals surface area contributed by atoms with E-state index in [4.69, 9.17) is 10.4 Å². The monoisotopic (exact) mass is 301 g/mol. The van der Waals surface area contributed by atoms with E-state index < -0.39 is 5.91 Å². The summed E-state index contributed by atoms with van der Waals surface area (Å²) in [5.41, 5.74) is 3.74. The highest BCUT2D eigenvalue weighted by molar-refractivity contribution is 6.07. The molecule has 0 radical (unpaired) electrons. The van der Waals surface area contributed by atoms with Crippen LogP contribution in [0.25, 0.3) is 0 Å². The van der Waals surface area contributed by atoms with Crippen molar-refractivity contribution in [3.05, 3.63) is 40.6 Å². The van der Waals surface area contributed by atoms with Crippen LogP contribution >= 0.6 is 0 Å². The molecular formula is C17H23N3O2. The molecule has 5 heteroatoms. The first kappa shape index (κ1) is 17.7. The number of nitriles is 1. The van der Waals surface area contributed by atoms with E-state index in [9.17, 15) is 4.79 Å². The summed E-state index contributed by atoms with van der Waals surface area (Å²) in [4.78, 5) is 12.2. The van der Waals surface area contributed by atoms with Crippen molar-refractivity contribution >= 4 is 11.6 Å². The van der Waals surface area contributed by atoms with E-state index in [1.165, 1.54) is 6.20 Å². The Morgan fingerprint density at radius 3 is 2.41 bits per heavy atom. The first-order valence-corrected chi connectivity index (χ1v) is 7.29. The number of aryl methyl sites for hydroxylation is 3. The molecule has 0 saturated carbocycles. The maximum Gasteiger partial charge on any atom is 0.267 e. The van der Waals surface area contributed by atoms with Gasteiger partial charge in [0.25, 0.3) is 5.91 Å². The maximum atomic E-state index is 12.2. The van der Waals surface area contributed by atoms with Gasteiger partial charge in [-0.25, -0.2) is 0 Å². The van der Waals surface area contributed by atoms with E-state index in [-0.39, 0.29) is 18.2 Å². The minimum atomic E-state index is -0.460. The molecule has 0 fully saturated rings. The maximum absolute atomic E-state index is 12.2. The zero-order valence-electron chi connectivity index (χ0n) is 13.5. The van der Waals surface area contributed by atoms with Crippen LogP contribution in [0.4, 0.5) is 5.69 Å². The molecule has 1 aromatic rings. The molecule has 1 amide bonds. The van der Waals surface area contributed by atoms with Crippen LogP contribution in [0.5, 0.6) is 0 Å². The molecule has 22 heavy (non-hydrogen) atoms. The van der Waals surface area contributed by atoms with Crippen LogP contribution in [0.15, 0.2) is 23.9 Å². The molecule has 1 atom stereocenters. The van der Waals surface area contributed by atoms with Crippen LogP contribution < -0.4 is 10.6 Å². The summed E-state index contributed by atoms with van der Waals surface area (Å²) in [5, 5.41) is 23.9. The number of nitrogens with zero attached hydrogens (tertiary/aromatic N) is 1. The molecule has 5 nitrogen and oxygen atoms in total. The van der Waals surface area contributed by atoms with Gasteiger partial charge in [0.05, 0.1) is 6.61 Å². The highest BCUT2D eigenvalue weighted by atomic mass is 16.3. The second-order valence-electron chi connectivity index (χ2n) is 5.35. The molecule has 1 aromatic carbocycles. The molecule has 1 unspecified atom stereocenters. The molecule has 118 valence electrons. The Morgan fingerprint density at radius 2 is 1.95 bits per heavy atom. The van der Waals surface area contributed by atoms with Crippen molar-refractivity contribution in [1.82, 2.24) is 5.32 Å². The Balaban J connectivity index is 2.91. The largest absolute Gasteiger partial charge is 0.394 e. The van der Waals surface area contributed by atoms with E-state index in [1.54, 1.807) is 0 Å². The number of benzene rings is 1. The fourth-order valence-corrected chi connectivity index (χ4v) is 2.21. The minimum absolute atomic E-state index is 0.0220. The summed E-state index contributed by atoms with van der Waals surface area (Å²) < 4.78 is 0. The molecule has 0 aliphatic carbocycles. The van der Waals surface area contributed by atoms with Crippen LogP contribution in [0, 0.1) is 32.1 Å². The fourth-order valence-electron chi connectivity index (χ4n) is 2.21.